The van der Waals surface area contributed by atoms with Crippen molar-refractivity contribution in [2.24, 2.45) is 5.73 Å². The number of hydrogen-bond acceptors (Lipinski definition) is 2. The van der Waals surface area contributed by atoms with Crippen molar-refractivity contribution >= 4 is 11.6 Å². The molecule has 0 radical (unpaired) electrons. The second-order valence-electron chi connectivity index (χ2n) is 4.13. The van der Waals surface area contributed by atoms with Crippen molar-refractivity contribution in [3.63, 3.8) is 0 Å². The summed E-state index contributed by atoms with van der Waals surface area (Å²) in [6.07, 6.45) is -0.0160. The molecule has 0 aliphatic rings. The van der Waals surface area contributed by atoms with Crippen molar-refractivity contribution in [1.29, 1.82) is 0 Å². The van der Waals surface area contributed by atoms with Gasteiger partial charge in [0.2, 0.25) is 0 Å². The van der Waals surface area contributed by atoms with Crippen molar-refractivity contribution in [3.05, 3.63) is 64.7 Å². The van der Waals surface area contributed by atoms with Crippen LogP contribution in [0.4, 0.5) is 0 Å². The smallest absolute Gasteiger partial charge is 0.124 e. The van der Waals surface area contributed by atoms with Gasteiger partial charge in [0.05, 0.1) is 0 Å². The van der Waals surface area contributed by atoms with Crippen LogP contribution in [-0.4, -0.2) is 0 Å². The normalized spacial score (nSPS) is 12.2. The molecule has 2 aromatic rings. The molecule has 94 valence electrons. The van der Waals surface area contributed by atoms with E-state index in [9.17, 15) is 0 Å². The monoisotopic (exact) mass is 261 g/mol. The van der Waals surface area contributed by atoms with Crippen LogP contribution in [0, 0.1) is 0 Å². The minimum absolute atomic E-state index is 0.0160. The molecule has 0 amide bonds. The van der Waals surface area contributed by atoms with E-state index < -0.39 is 0 Å². The number of ether oxygens (including phenoxy) is 1. The number of nitrogens with two attached hydrogens (primary N) is 1. The van der Waals surface area contributed by atoms with Gasteiger partial charge in [-0.3, -0.25) is 0 Å². The molecule has 0 bridgehead atoms. The van der Waals surface area contributed by atoms with Gasteiger partial charge in [-0.1, -0.05) is 41.9 Å². The number of benzene rings is 2. The maximum atomic E-state index is 5.94. The van der Waals surface area contributed by atoms with Crippen LogP contribution in [0.1, 0.15) is 24.2 Å². The molecule has 0 aliphatic carbocycles. The topological polar surface area (TPSA) is 35.2 Å². The lowest BCUT2D eigenvalue weighted by Gasteiger charge is -2.17. The van der Waals surface area contributed by atoms with E-state index in [0.29, 0.717) is 11.6 Å². The van der Waals surface area contributed by atoms with Gasteiger partial charge in [0, 0.05) is 17.1 Å². The Hall–Kier alpha value is -1.51. The summed E-state index contributed by atoms with van der Waals surface area (Å²) < 4.78 is 5.94. The maximum absolute atomic E-state index is 5.94. The summed E-state index contributed by atoms with van der Waals surface area (Å²) in [5.41, 5.74) is 7.75. The molecule has 2 rings (SSSR count). The van der Waals surface area contributed by atoms with Crippen LogP contribution in [0.3, 0.4) is 0 Å². The van der Waals surface area contributed by atoms with Crippen molar-refractivity contribution < 1.29 is 4.74 Å². The molecule has 0 saturated carbocycles. The van der Waals surface area contributed by atoms with Gasteiger partial charge in [-0.15, -0.1) is 0 Å². The quantitative estimate of drug-likeness (QED) is 0.905. The molecule has 18 heavy (non-hydrogen) atoms. The average Bonchev–Trinajstić information content (AvgIpc) is 2.41. The number of hydrogen-bond donors (Lipinski definition) is 1. The van der Waals surface area contributed by atoms with Gasteiger partial charge in [-0.2, -0.15) is 0 Å². The van der Waals surface area contributed by atoms with Crippen molar-refractivity contribution in [3.8, 4) is 5.75 Å². The fraction of sp³-hybridized carbons (Fsp3) is 0.200. The Morgan fingerprint density at radius 3 is 2.56 bits per heavy atom. The summed E-state index contributed by atoms with van der Waals surface area (Å²) in [5, 5.41) is 0.676. The van der Waals surface area contributed by atoms with Crippen molar-refractivity contribution in [2.45, 2.75) is 19.6 Å². The zero-order chi connectivity index (χ0) is 13.0. The minimum atomic E-state index is -0.0160. The summed E-state index contributed by atoms with van der Waals surface area (Å²) in [7, 11) is 0. The second-order valence-corrected chi connectivity index (χ2v) is 4.56. The lowest BCUT2D eigenvalue weighted by molar-refractivity contribution is 0.224. The number of rotatable bonds is 4. The average molecular weight is 262 g/mol. The third-order valence-electron chi connectivity index (χ3n) is 2.82. The zero-order valence-electron chi connectivity index (χ0n) is 10.3. The van der Waals surface area contributed by atoms with E-state index in [2.05, 4.69) is 0 Å². The molecule has 0 aliphatic heterocycles. The Balaban J connectivity index is 2.19. The second kappa shape index (κ2) is 5.89. The summed E-state index contributed by atoms with van der Waals surface area (Å²) >= 11 is 5.94. The lowest BCUT2D eigenvalue weighted by Crippen LogP contribution is -2.06. The fourth-order valence-corrected chi connectivity index (χ4v) is 2.00. The van der Waals surface area contributed by atoms with Gasteiger partial charge in [-0.05, 0) is 30.7 Å². The van der Waals surface area contributed by atoms with E-state index in [1.54, 1.807) is 0 Å². The fourth-order valence-electron chi connectivity index (χ4n) is 1.81. The van der Waals surface area contributed by atoms with Gasteiger partial charge < -0.3 is 10.5 Å². The van der Waals surface area contributed by atoms with E-state index >= 15 is 0 Å². The third-order valence-corrected chi connectivity index (χ3v) is 3.05. The Morgan fingerprint density at radius 2 is 1.89 bits per heavy atom. The Labute approximate surface area is 112 Å². The lowest BCUT2D eigenvalue weighted by atomic mass is 10.1. The Kier molecular flexibility index (Phi) is 4.24. The molecule has 0 aromatic heterocycles. The highest BCUT2D eigenvalue weighted by molar-refractivity contribution is 6.30. The SMILES string of the molecule is CC(Oc1ccc(Cl)cc1CN)c1ccccc1. The van der Waals surface area contributed by atoms with Crippen LogP contribution in [-0.2, 0) is 6.54 Å². The molecule has 0 saturated heterocycles. The molecule has 1 atom stereocenters. The summed E-state index contributed by atoms with van der Waals surface area (Å²) in [5.74, 6) is 0.790. The minimum Gasteiger partial charge on any atom is -0.486 e. The maximum Gasteiger partial charge on any atom is 0.124 e. The molecule has 2 nitrogen and oxygen atoms in total. The predicted molar refractivity (Wildman–Crippen MR) is 74.8 cm³/mol. The highest BCUT2D eigenvalue weighted by Gasteiger charge is 2.09. The first-order valence-corrected chi connectivity index (χ1v) is 6.28. The van der Waals surface area contributed by atoms with Crippen LogP contribution in [0.2, 0.25) is 5.02 Å². The predicted octanol–water partition coefficient (Wildman–Crippen LogP) is 3.94. The summed E-state index contributed by atoms with van der Waals surface area (Å²) in [6, 6.07) is 15.6. The molecule has 0 spiro atoms. The van der Waals surface area contributed by atoms with E-state index in [1.165, 1.54) is 0 Å². The van der Waals surface area contributed by atoms with Crippen LogP contribution < -0.4 is 10.5 Å². The summed E-state index contributed by atoms with van der Waals surface area (Å²) in [4.78, 5) is 0. The Bertz CT molecular complexity index is 513. The molecular weight excluding hydrogens is 246 g/mol. The van der Waals surface area contributed by atoms with E-state index in [0.717, 1.165) is 16.9 Å². The first-order valence-electron chi connectivity index (χ1n) is 5.91. The Morgan fingerprint density at radius 1 is 1.17 bits per heavy atom. The molecular formula is C15H16ClNO. The first-order chi connectivity index (χ1) is 8.70. The van der Waals surface area contributed by atoms with E-state index in [1.807, 2.05) is 55.5 Å². The van der Waals surface area contributed by atoms with E-state index in [-0.39, 0.29) is 6.10 Å². The van der Waals surface area contributed by atoms with Gasteiger partial charge in [-0.25, -0.2) is 0 Å². The highest BCUT2D eigenvalue weighted by Crippen LogP contribution is 2.27. The van der Waals surface area contributed by atoms with Crippen molar-refractivity contribution in [1.82, 2.24) is 0 Å². The highest BCUT2D eigenvalue weighted by atomic mass is 35.5. The molecule has 2 aromatic carbocycles. The molecule has 0 heterocycles. The van der Waals surface area contributed by atoms with Gasteiger partial charge >= 0.3 is 0 Å². The largest absolute Gasteiger partial charge is 0.486 e. The van der Waals surface area contributed by atoms with Crippen LogP contribution >= 0.6 is 11.6 Å². The first kappa shape index (κ1) is 12.9. The molecule has 3 heteroatoms. The number of halogens is 1. The van der Waals surface area contributed by atoms with Crippen LogP contribution in [0.25, 0.3) is 0 Å². The van der Waals surface area contributed by atoms with Gasteiger partial charge in [0.15, 0.2) is 0 Å². The molecule has 0 fully saturated rings. The van der Waals surface area contributed by atoms with Crippen LogP contribution in [0.5, 0.6) is 5.75 Å². The van der Waals surface area contributed by atoms with Gasteiger partial charge in [0.25, 0.3) is 0 Å². The van der Waals surface area contributed by atoms with Crippen molar-refractivity contribution in [2.75, 3.05) is 0 Å². The van der Waals surface area contributed by atoms with Crippen LogP contribution in [0.15, 0.2) is 48.5 Å². The molecule has 1 unspecified atom stereocenters. The zero-order valence-corrected chi connectivity index (χ0v) is 11.0. The third kappa shape index (κ3) is 3.03. The van der Waals surface area contributed by atoms with E-state index in [4.69, 9.17) is 22.1 Å². The molecule has 2 N–H and O–H groups in total. The standard InChI is InChI=1S/C15H16ClNO/c1-11(12-5-3-2-4-6-12)18-15-8-7-14(16)9-13(15)10-17/h2-9,11H,10,17H2,1H3. The van der Waals surface area contributed by atoms with Gasteiger partial charge in [0.1, 0.15) is 11.9 Å². The summed E-state index contributed by atoms with van der Waals surface area (Å²) in [6.45, 7) is 2.43.